The van der Waals surface area contributed by atoms with E-state index >= 15 is 0 Å². The van der Waals surface area contributed by atoms with Crippen molar-refractivity contribution in [1.82, 2.24) is 4.90 Å². The molecule has 2 N–H and O–H groups in total. The van der Waals surface area contributed by atoms with Gasteiger partial charge in [-0.25, -0.2) is 9.59 Å². The zero-order valence-electron chi connectivity index (χ0n) is 19.3. The Morgan fingerprint density at radius 3 is 1.97 bits per heavy atom. The number of aliphatic carboxylic acids is 2. The molecule has 0 aromatic heterocycles. The number of aryl methyl sites for hydroxylation is 1. The van der Waals surface area contributed by atoms with Crippen molar-refractivity contribution in [3.63, 3.8) is 0 Å². The first-order valence-corrected chi connectivity index (χ1v) is 10.8. The molecule has 1 aliphatic heterocycles. The molecule has 1 aromatic rings. The molecule has 0 amide bonds. The number of halogens is 7. The summed E-state index contributed by atoms with van der Waals surface area (Å²) in [4.78, 5) is 22.4. The van der Waals surface area contributed by atoms with Gasteiger partial charge in [0.2, 0.25) is 6.10 Å². The lowest BCUT2D eigenvalue weighted by molar-refractivity contribution is -0.192. The fourth-order valence-corrected chi connectivity index (χ4v) is 3.70. The van der Waals surface area contributed by atoms with E-state index in [4.69, 9.17) is 31.3 Å². The Labute approximate surface area is 203 Å². The van der Waals surface area contributed by atoms with E-state index in [1.807, 2.05) is 0 Å². The maximum Gasteiger partial charge on any atom is 0.490 e. The van der Waals surface area contributed by atoms with Gasteiger partial charge in [-0.05, 0) is 70.9 Å². The monoisotopic (exact) mass is 533 g/mol. The van der Waals surface area contributed by atoms with Crippen molar-refractivity contribution in [3.05, 3.63) is 33.9 Å². The van der Waals surface area contributed by atoms with Gasteiger partial charge in [0, 0.05) is 22.7 Å². The number of carbonyl (C=O) groups is 2. The Morgan fingerprint density at radius 1 is 1.06 bits per heavy atom. The number of hydrogen-bond donors (Lipinski definition) is 2. The predicted octanol–water partition coefficient (Wildman–Crippen LogP) is 5.82. The second-order valence-electron chi connectivity index (χ2n) is 8.26. The Kier molecular flexibility index (Phi) is 10.5. The molecule has 198 valence electrons. The molecule has 0 spiro atoms. The number of hydrogen-bond acceptors (Lipinski definition) is 4. The number of ether oxygens (including phenoxy) is 1. The average Bonchev–Trinajstić information content (AvgIpc) is 2.68. The van der Waals surface area contributed by atoms with E-state index in [2.05, 4.69) is 32.6 Å². The lowest BCUT2D eigenvalue weighted by Crippen LogP contribution is -2.40. The van der Waals surface area contributed by atoms with Crippen molar-refractivity contribution in [1.29, 1.82) is 0 Å². The van der Waals surface area contributed by atoms with Crippen LogP contribution in [0.1, 0.15) is 45.2 Å². The largest absolute Gasteiger partial charge is 0.490 e. The summed E-state index contributed by atoms with van der Waals surface area (Å²) in [5, 5.41) is 16.6. The van der Waals surface area contributed by atoms with E-state index in [1.165, 1.54) is 12.1 Å². The van der Waals surface area contributed by atoms with Gasteiger partial charge < -0.3 is 14.9 Å². The molecule has 0 bridgehead atoms. The summed E-state index contributed by atoms with van der Waals surface area (Å²) >= 11 is 6.29. The van der Waals surface area contributed by atoms with Crippen molar-refractivity contribution in [2.75, 3.05) is 6.54 Å². The quantitative estimate of drug-likeness (QED) is 0.430. The third-order valence-electron chi connectivity index (χ3n) is 4.99. The minimum atomic E-state index is -5.08. The van der Waals surface area contributed by atoms with Gasteiger partial charge in [-0.1, -0.05) is 11.6 Å². The SMILES string of the molecule is CC(C)N(CCCc1cc2c(cc1Cl)C=C(C(=O)O)C(C(F)(F)F)O2)C(C)C.O=C(O)C(F)(F)F. The second-order valence-corrected chi connectivity index (χ2v) is 8.66. The van der Waals surface area contributed by atoms with Crippen LogP contribution in [0.4, 0.5) is 26.3 Å². The topological polar surface area (TPSA) is 87.1 Å². The highest BCUT2D eigenvalue weighted by molar-refractivity contribution is 6.31. The summed E-state index contributed by atoms with van der Waals surface area (Å²) in [7, 11) is 0. The van der Waals surface area contributed by atoms with Crippen molar-refractivity contribution < 1.29 is 50.9 Å². The van der Waals surface area contributed by atoms with Crippen molar-refractivity contribution in [2.45, 2.75) is 71.1 Å². The normalized spacial score (nSPS) is 15.8. The van der Waals surface area contributed by atoms with E-state index in [0.717, 1.165) is 19.0 Å². The van der Waals surface area contributed by atoms with Crippen LogP contribution >= 0.6 is 11.6 Å². The molecule has 1 aromatic carbocycles. The molecule has 0 radical (unpaired) electrons. The zero-order valence-corrected chi connectivity index (χ0v) is 20.1. The van der Waals surface area contributed by atoms with Gasteiger partial charge in [-0.3, -0.25) is 4.90 Å². The Bertz CT molecular complexity index is 935. The fraction of sp³-hybridized carbons (Fsp3) is 0.545. The minimum Gasteiger partial charge on any atom is -0.478 e. The summed E-state index contributed by atoms with van der Waals surface area (Å²) in [6, 6.07) is 3.72. The molecule has 35 heavy (non-hydrogen) atoms. The molecule has 1 atom stereocenters. The number of carboxylic acid groups (broad SMARTS) is 2. The highest BCUT2D eigenvalue weighted by Gasteiger charge is 2.48. The smallest absolute Gasteiger partial charge is 0.478 e. The van der Waals surface area contributed by atoms with Gasteiger partial charge in [-0.15, -0.1) is 0 Å². The summed E-state index contributed by atoms with van der Waals surface area (Å²) in [5.74, 6) is -4.43. The summed E-state index contributed by atoms with van der Waals surface area (Å²) in [5.41, 5.74) is 0.0620. The number of alkyl halides is 6. The highest BCUT2D eigenvalue weighted by atomic mass is 35.5. The van der Waals surface area contributed by atoms with Gasteiger partial charge in [0.15, 0.2) is 0 Å². The zero-order chi connectivity index (χ0) is 27.3. The van der Waals surface area contributed by atoms with Gasteiger partial charge in [-0.2, -0.15) is 26.3 Å². The first-order valence-electron chi connectivity index (χ1n) is 10.4. The number of nitrogens with zero attached hydrogens (tertiary/aromatic N) is 1. The van der Waals surface area contributed by atoms with Crippen molar-refractivity contribution in [3.8, 4) is 5.75 Å². The van der Waals surface area contributed by atoms with Gasteiger partial charge in [0.25, 0.3) is 0 Å². The number of benzene rings is 1. The van der Waals surface area contributed by atoms with Crippen LogP contribution < -0.4 is 4.74 Å². The Morgan fingerprint density at radius 2 is 1.57 bits per heavy atom. The number of rotatable bonds is 7. The maximum atomic E-state index is 13.2. The third-order valence-corrected chi connectivity index (χ3v) is 5.34. The van der Waals surface area contributed by atoms with Crippen LogP contribution in [0.5, 0.6) is 5.75 Å². The Balaban J connectivity index is 0.000000762. The van der Waals surface area contributed by atoms with Gasteiger partial charge >= 0.3 is 24.3 Å². The van der Waals surface area contributed by atoms with Gasteiger partial charge in [0.05, 0.1) is 5.57 Å². The van der Waals surface area contributed by atoms with Crippen LogP contribution in [0.25, 0.3) is 6.08 Å². The van der Waals surface area contributed by atoms with E-state index in [0.29, 0.717) is 29.1 Å². The summed E-state index contributed by atoms with van der Waals surface area (Å²) < 4.78 is 76.4. The molecular formula is C22H26ClF6NO5. The summed E-state index contributed by atoms with van der Waals surface area (Å²) in [6.07, 6.45) is -10.1. The van der Waals surface area contributed by atoms with Crippen molar-refractivity contribution in [2.24, 2.45) is 0 Å². The summed E-state index contributed by atoms with van der Waals surface area (Å²) in [6.45, 7) is 9.29. The number of fused-ring (bicyclic) bond motifs is 1. The molecule has 0 saturated carbocycles. The molecule has 2 rings (SSSR count). The third kappa shape index (κ3) is 8.92. The van der Waals surface area contributed by atoms with Crippen LogP contribution in [-0.4, -0.2) is 64.1 Å². The van der Waals surface area contributed by atoms with Crippen LogP contribution in [0.3, 0.4) is 0 Å². The van der Waals surface area contributed by atoms with Crippen LogP contribution in [0, 0.1) is 0 Å². The second kappa shape index (κ2) is 12.0. The number of carboxylic acids is 2. The highest BCUT2D eigenvalue weighted by Crippen LogP contribution is 2.39. The molecule has 0 fully saturated rings. The average molecular weight is 534 g/mol. The maximum absolute atomic E-state index is 13.2. The first-order chi connectivity index (χ1) is 15.9. The molecule has 0 aliphatic carbocycles. The lowest BCUT2D eigenvalue weighted by atomic mass is 9.98. The fourth-order valence-electron chi connectivity index (χ4n) is 3.43. The van der Waals surface area contributed by atoms with E-state index < -0.39 is 36.0 Å². The molecular weight excluding hydrogens is 508 g/mol. The van der Waals surface area contributed by atoms with E-state index in [-0.39, 0.29) is 11.3 Å². The molecule has 1 unspecified atom stereocenters. The molecule has 13 heteroatoms. The van der Waals surface area contributed by atoms with E-state index in [9.17, 15) is 31.1 Å². The van der Waals surface area contributed by atoms with Crippen molar-refractivity contribution >= 4 is 29.6 Å². The Hall–Kier alpha value is -2.47. The molecule has 6 nitrogen and oxygen atoms in total. The van der Waals surface area contributed by atoms with Crippen LogP contribution in [-0.2, 0) is 16.0 Å². The lowest BCUT2D eigenvalue weighted by Gasteiger charge is -2.30. The standard InChI is InChI=1S/C20H25ClF3NO3.C2HF3O2/c1-11(2)25(12(3)4)7-5-6-13-10-17-14(9-16(13)21)8-15(19(26)27)18(28-17)20(22,23)24;3-2(4,5)1(6)7/h8-12,18H,5-7H2,1-4H3,(H,26,27);(H,6,7). The first kappa shape index (κ1) is 30.6. The van der Waals surface area contributed by atoms with E-state index in [1.54, 1.807) is 0 Å². The van der Waals surface area contributed by atoms with Crippen LogP contribution in [0.15, 0.2) is 17.7 Å². The van der Waals surface area contributed by atoms with Gasteiger partial charge in [0.1, 0.15) is 5.75 Å². The minimum absolute atomic E-state index is 0.00343. The molecule has 0 saturated heterocycles. The predicted molar refractivity (Wildman–Crippen MR) is 117 cm³/mol. The molecule has 1 aliphatic rings. The molecule has 1 heterocycles. The van der Waals surface area contributed by atoms with Crippen LogP contribution in [0.2, 0.25) is 5.02 Å².